The number of hydrogen-bond donors (Lipinski definition) is 2. The lowest BCUT2D eigenvalue weighted by molar-refractivity contribution is 0.718. The zero-order valence-electron chi connectivity index (χ0n) is 10.7. The average molecular weight is 309 g/mol. The SMILES string of the molecule is CC(C)c1nn(C)c(Nc2ccccc2Br)c1N. The molecule has 0 atom stereocenters. The molecule has 0 spiro atoms. The zero-order chi connectivity index (χ0) is 13.3. The summed E-state index contributed by atoms with van der Waals surface area (Å²) in [4.78, 5) is 0. The highest BCUT2D eigenvalue weighted by molar-refractivity contribution is 9.10. The van der Waals surface area contributed by atoms with Gasteiger partial charge in [-0.15, -0.1) is 0 Å². The molecule has 0 amide bonds. The highest BCUT2D eigenvalue weighted by atomic mass is 79.9. The Labute approximate surface area is 115 Å². The molecule has 0 aliphatic rings. The smallest absolute Gasteiger partial charge is 0.152 e. The van der Waals surface area contributed by atoms with Crippen molar-refractivity contribution in [2.45, 2.75) is 19.8 Å². The number of anilines is 3. The normalized spacial score (nSPS) is 10.9. The third-order valence-corrected chi connectivity index (χ3v) is 3.48. The molecule has 5 heteroatoms. The largest absolute Gasteiger partial charge is 0.394 e. The van der Waals surface area contributed by atoms with E-state index < -0.39 is 0 Å². The number of para-hydroxylation sites is 1. The second-order valence-electron chi connectivity index (χ2n) is 4.53. The van der Waals surface area contributed by atoms with E-state index in [1.807, 2.05) is 31.3 Å². The van der Waals surface area contributed by atoms with Crippen LogP contribution in [-0.2, 0) is 7.05 Å². The molecular weight excluding hydrogens is 292 g/mol. The van der Waals surface area contributed by atoms with Crippen molar-refractivity contribution in [3.05, 3.63) is 34.4 Å². The predicted molar refractivity (Wildman–Crippen MR) is 79.1 cm³/mol. The average Bonchev–Trinajstić information content (AvgIpc) is 2.60. The number of benzene rings is 1. The summed E-state index contributed by atoms with van der Waals surface area (Å²) in [5.74, 6) is 1.14. The van der Waals surface area contributed by atoms with Gasteiger partial charge < -0.3 is 11.1 Å². The van der Waals surface area contributed by atoms with Crippen LogP contribution >= 0.6 is 15.9 Å². The highest BCUT2D eigenvalue weighted by Gasteiger charge is 2.16. The van der Waals surface area contributed by atoms with Crippen LogP contribution in [0.5, 0.6) is 0 Å². The fourth-order valence-electron chi connectivity index (χ4n) is 1.83. The van der Waals surface area contributed by atoms with Crippen LogP contribution in [0.2, 0.25) is 0 Å². The lowest BCUT2D eigenvalue weighted by Gasteiger charge is -2.09. The van der Waals surface area contributed by atoms with E-state index in [1.54, 1.807) is 4.68 Å². The number of hydrogen-bond acceptors (Lipinski definition) is 3. The summed E-state index contributed by atoms with van der Waals surface area (Å²) >= 11 is 3.51. The minimum Gasteiger partial charge on any atom is -0.394 e. The first-order chi connectivity index (χ1) is 8.50. The fourth-order valence-corrected chi connectivity index (χ4v) is 2.21. The van der Waals surface area contributed by atoms with Gasteiger partial charge in [0.1, 0.15) is 0 Å². The van der Waals surface area contributed by atoms with E-state index in [1.165, 1.54) is 0 Å². The molecule has 1 aromatic carbocycles. The van der Waals surface area contributed by atoms with Gasteiger partial charge >= 0.3 is 0 Å². The van der Waals surface area contributed by atoms with Crippen molar-refractivity contribution in [1.82, 2.24) is 9.78 Å². The van der Waals surface area contributed by atoms with Crippen molar-refractivity contribution in [3.63, 3.8) is 0 Å². The van der Waals surface area contributed by atoms with Crippen LogP contribution in [0.4, 0.5) is 17.2 Å². The molecule has 0 bridgehead atoms. The number of nitrogens with two attached hydrogens (primary N) is 1. The monoisotopic (exact) mass is 308 g/mol. The molecule has 96 valence electrons. The second kappa shape index (κ2) is 5.02. The van der Waals surface area contributed by atoms with Gasteiger partial charge in [-0.05, 0) is 34.0 Å². The van der Waals surface area contributed by atoms with E-state index in [0.717, 1.165) is 21.7 Å². The molecule has 0 saturated heterocycles. The minimum atomic E-state index is 0.311. The van der Waals surface area contributed by atoms with Crippen LogP contribution in [0, 0.1) is 0 Å². The summed E-state index contributed by atoms with van der Waals surface area (Å²) in [6, 6.07) is 7.92. The summed E-state index contributed by atoms with van der Waals surface area (Å²) in [5, 5.41) is 7.76. The van der Waals surface area contributed by atoms with Crippen molar-refractivity contribution >= 4 is 33.1 Å². The third kappa shape index (κ3) is 2.36. The first-order valence-corrected chi connectivity index (χ1v) is 6.64. The molecule has 4 nitrogen and oxygen atoms in total. The number of halogens is 1. The summed E-state index contributed by atoms with van der Waals surface area (Å²) < 4.78 is 2.78. The molecule has 0 fully saturated rings. The lowest BCUT2D eigenvalue weighted by Crippen LogP contribution is -2.01. The van der Waals surface area contributed by atoms with Gasteiger partial charge in [0.2, 0.25) is 0 Å². The molecule has 2 aromatic rings. The Hall–Kier alpha value is -1.49. The Kier molecular flexibility index (Phi) is 3.61. The molecule has 0 saturated carbocycles. The van der Waals surface area contributed by atoms with E-state index in [-0.39, 0.29) is 0 Å². The van der Waals surface area contributed by atoms with Crippen LogP contribution in [0.1, 0.15) is 25.5 Å². The summed E-state index contributed by atoms with van der Waals surface area (Å²) in [5.41, 5.74) is 8.75. The van der Waals surface area contributed by atoms with Gasteiger partial charge in [0.25, 0.3) is 0 Å². The quantitative estimate of drug-likeness (QED) is 0.910. The summed E-state index contributed by atoms with van der Waals surface area (Å²) in [6.07, 6.45) is 0. The van der Waals surface area contributed by atoms with Crippen molar-refractivity contribution in [3.8, 4) is 0 Å². The van der Waals surface area contributed by atoms with Gasteiger partial charge in [-0.1, -0.05) is 26.0 Å². The van der Waals surface area contributed by atoms with Crippen molar-refractivity contribution < 1.29 is 0 Å². The minimum absolute atomic E-state index is 0.311. The molecule has 1 heterocycles. The van der Waals surface area contributed by atoms with Crippen LogP contribution in [-0.4, -0.2) is 9.78 Å². The molecule has 0 aliphatic carbocycles. The molecule has 0 aliphatic heterocycles. The van der Waals surface area contributed by atoms with Gasteiger partial charge in [-0.2, -0.15) is 5.10 Å². The van der Waals surface area contributed by atoms with E-state index in [9.17, 15) is 0 Å². The van der Waals surface area contributed by atoms with Gasteiger partial charge in [0, 0.05) is 11.5 Å². The van der Waals surface area contributed by atoms with Gasteiger partial charge in [-0.3, -0.25) is 4.68 Å². The van der Waals surface area contributed by atoms with Crippen molar-refractivity contribution in [2.24, 2.45) is 7.05 Å². The van der Waals surface area contributed by atoms with E-state index >= 15 is 0 Å². The van der Waals surface area contributed by atoms with E-state index in [0.29, 0.717) is 11.6 Å². The number of nitrogens with zero attached hydrogens (tertiary/aromatic N) is 2. The Balaban J connectivity index is 2.38. The lowest BCUT2D eigenvalue weighted by atomic mass is 10.1. The van der Waals surface area contributed by atoms with Crippen LogP contribution in [0.25, 0.3) is 0 Å². The number of rotatable bonds is 3. The van der Waals surface area contributed by atoms with E-state index in [2.05, 4.69) is 40.2 Å². The Morgan fingerprint density at radius 1 is 1.33 bits per heavy atom. The molecule has 1 aromatic heterocycles. The van der Waals surface area contributed by atoms with Gasteiger partial charge in [0.15, 0.2) is 5.82 Å². The maximum absolute atomic E-state index is 6.14. The first kappa shape index (κ1) is 13.0. The van der Waals surface area contributed by atoms with Crippen LogP contribution in [0.15, 0.2) is 28.7 Å². The third-order valence-electron chi connectivity index (χ3n) is 2.79. The molecule has 18 heavy (non-hydrogen) atoms. The van der Waals surface area contributed by atoms with E-state index in [4.69, 9.17) is 5.73 Å². The topological polar surface area (TPSA) is 55.9 Å². The second-order valence-corrected chi connectivity index (χ2v) is 5.39. The van der Waals surface area contributed by atoms with Gasteiger partial charge in [0.05, 0.1) is 17.1 Å². The maximum Gasteiger partial charge on any atom is 0.152 e. The summed E-state index contributed by atoms with van der Waals surface area (Å²) in [6.45, 7) is 4.17. The molecule has 0 unspecified atom stereocenters. The predicted octanol–water partition coefficient (Wildman–Crippen LogP) is 3.63. The Morgan fingerprint density at radius 3 is 2.56 bits per heavy atom. The highest BCUT2D eigenvalue weighted by Crippen LogP contribution is 2.32. The number of nitrogens with one attached hydrogen (secondary N) is 1. The Morgan fingerprint density at radius 2 is 2.00 bits per heavy atom. The molecule has 3 N–H and O–H groups in total. The van der Waals surface area contributed by atoms with Crippen LogP contribution in [0.3, 0.4) is 0 Å². The fraction of sp³-hybridized carbons (Fsp3) is 0.308. The zero-order valence-corrected chi connectivity index (χ0v) is 12.3. The molecular formula is C13H17BrN4. The number of aryl methyl sites for hydroxylation is 1. The summed E-state index contributed by atoms with van der Waals surface area (Å²) in [7, 11) is 1.89. The Bertz CT molecular complexity index is 560. The standard InChI is InChI=1S/C13H17BrN4/c1-8(2)12-11(15)13(18(3)17-12)16-10-7-5-4-6-9(10)14/h4-8,16H,15H2,1-3H3. The van der Waals surface area contributed by atoms with Gasteiger partial charge in [-0.25, -0.2) is 0 Å². The molecule has 2 rings (SSSR count). The number of nitrogen functional groups attached to an aromatic ring is 1. The van der Waals surface area contributed by atoms with Crippen molar-refractivity contribution in [2.75, 3.05) is 11.1 Å². The molecule has 0 radical (unpaired) electrons. The maximum atomic E-state index is 6.14. The van der Waals surface area contributed by atoms with Crippen molar-refractivity contribution in [1.29, 1.82) is 0 Å². The first-order valence-electron chi connectivity index (χ1n) is 5.84. The van der Waals surface area contributed by atoms with Crippen LogP contribution < -0.4 is 11.1 Å². The number of aromatic nitrogens is 2.